The van der Waals surface area contributed by atoms with E-state index in [0.29, 0.717) is 65.2 Å². The zero-order valence-electron chi connectivity index (χ0n) is 35.0. The van der Waals surface area contributed by atoms with Gasteiger partial charge < -0.3 is 31.1 Å². The number of anilines is 6. The quantitative estimate of drug-likeness (QED) is 0.0356. The third-order valence-electron chi connectivity index (χ3n) is 11.3. The molecule has 2 unspecified atom stereocenters. The van der Waals surface area contributed by atoms with E-state index in [9.17, 15) is 33.2 Å². The Bertz CT molecular complexity index is 2540. The summed E-state index contributed by atoms with van der Waals surface area (Å²) in [4.78, 5) is 87.0. The van der Waals surface area contributed by atoms with Gasteiger partial charge in [0.25, 0.3) is 11.8 Å². The summed E-state index contributed by atoms with van der Waals surface area (Å²) >= 11 is 6.15. The highest BCUT2D eigenvalue weighted by Gasteiger charge is 2.34. The lowest BCUT2D eigenvalue weighted by molar-refractivity contribution is -0.136. The average Bonchev–Trinajstić information content (AvgIpc) is 3.78. The Morgan fingerprint density at radius 3 is 2.41 bits per heavy atom. The van der Waals surface area contributed by atoms with Crippen LogP contribution in [0.1, 0.15) is 75.2 Å². The first-order valence-corrected chi connectivity index (χ1v) is 21.4. The van der Waals surface area contributed by atoms with Gasteiger partial charge in [0.1, 0.15) is 6.04 Å². The first-order chi connectivity index (χ1) is 30.9. The number of unbranched alkanes of at least 4 members (excludes halogenated alkanes) is 1. The molecule has 2 aliphatic rings. The summed E-state index contributed by atoms with van der Waals surface area (Å²) in [5.41, 5.74) is 3.77. The predicted octanol–water partition coefficient (Wildman–Crippen LogP) is 7.37. The molecule has 64 heavy (non-hydrogen) atoms. The highest BCUT2D eigenvalue weighted by atomic mass is 35.5. The molecule has 0 bridgehead atoms. The maximum atomic E-state index is 14.7. The van der Waals surface area contributed by atoms with Crippen molar-refractivity contribution in [1.29, 1.82) is 0 Å². The first kappa shape index (κ1) is 44.8. The molecule has 330 valence electrons. The normalized spacial score (nSPS) is 15.8. The summed E-state index contributed by atoms with van der Waals surface area (Å²) in [6.07, 6.45) is 5.81. The number of nitrogens with zero attached hydrogens (tertiary/aromatic N) is 4. The molecule has 17 heteroatoms. The maximum absolute atomic E-state index is 14.7. The van der Waals surface area contributed by atoms with Gasteiger partial charge in [-0.05, 0) is 91.8 Å². The van der Waals surface area contributed by atoms with Crippen molar-refractivity contribution in [3.05, 3.63) is 130 Å². The molecule has 2 saturated heterocycles. The number of carbonyl (C=O) groups excluding carboxylic acids is 6. The molecule has 2 fully saturated rings. The number of likely N-dealkylation sites (N-methyl/N-ethyl adjacent to an activating group) is 1. The van der Waals surface area contributed by atoms with E-state index >= 15 is 0 Å². The second-order valence-electron chi connectivity index (χ2n) is 15.7. The summed E-state index contributed by atoms with van der Waals surface area (Å²) in [5.74, 6) is -1.89. The van der Waals surface area contributed by atoms with Crippen LogP contribution in [-0.4, -0.2) is 88.3 Å². The molecular formula is C47H47ClFN9O6. The number of para-hydroxylation sites is 1. The van der Waals surface area contributed by atoms with Crippen molar-refractivity contribution in [2.75, 3.05) is 47.9 Å². The Kier molecular flexibility index (Phi) is 14.6. The van der Waals surface area contributed by atoms with Crippen molar-refractivity contribution in [3.63, 3.8) is 0 Å². The fourth-order valence-corrected chi connectivity index (χ4v) is 7.92. The van der Waals surface area contributed by atoms with Gasteiger partial charge in [-0.2, -0.15) is 4.98 Å². The zero-order valence-corrected chi connectivity index (χ0v) is 35.8. The van der Waals surface area contributed by atoms with Gasteiger partial charge in [0.05, 0.1) is 28.9 Å². The van der Waals surface area contributed by atoms with E-state index < -0.39 is 23.7 Å². The van der Waals surface area contributed by atoms with Crippen LogP contribution in [0.15, 0.2) is 97.2 Å². The molecule has 0 spiro atoms. The van der Waals surface area contributed by atoms with Crippen molar-refractivity contribution in [2.45, 2.75) is 51.0 Å². The molecule has 5 aromatic rings. The molecule has 0 aliphatic carbocycles. The van der Waals surface area contributed by atoms with Gasteiger partial charge >= 0.3 is 0 Å². The highest BCUT2D eigenvalue weighted by Crippen LogP contribution is 2.27. The summed E-state index contributed by atoms with van der Waals surface area (Å²) in [6, 6.07) is 24.9. The minimum atomic E-state index is -0.813. The van der Waals surface area contributed by atoms with Gasteiger partial charge in [0, 0.05) is 61.3 Å². The lowest BCUT2D eigenvalue weighted by atomic mass is 10.00. The van der Waals surface area contributed by atoms with Crippen LogP contribution in [0.25, 0.3) is 0 Å². The van der Waals surface area contributed by atoms with E-state index in [2.05, 4.69) is 36.6 Å². The van der Waals surface area contributed by atoms with Gasteiger partial charge in [-0.25, -0.2) is 9.37 Å². The van der Waals surface area contributed by atoms with Crippen LogP contribution < -0.4 is 26.6 Å². The predicted molar refractivity (Wildman–Crippen MR) is 242 cm³/mol. The number of amides is 5. The minimum Gasteiger partial charge on any atom is -0.384 e. The van der Waals surface area contributed by atoms with Gasteiger partial charge in [-0.3, -0.25) is 34.1 Å². The van der Waals surface area contributed by atoms with Crippen LogP contribution >= 0.6 is 11.6 Å². The maximum Gasteiger partial charge on any atom is 0.257 e. The van der Waals surface area contributed by atoms with E-state index in [0.717, 1.165) is 37.4 Å². The number of piperidine rings is 1. The van der Waals surface area contributed by atoms with E-state index in [1.165, 1.54) is 11.9 Å². The van der Waals surface area contributed by atoms with Gasteiger partial charge in [-0.15, -0.1) is 0 Å². The summed E-state index contributed by atoms with van der Waals surface area (Å²) < 4.78 is 14.7. The number of imide groups is 1. The molecule has 5 N–H and O–H groups in total. The van der Waals surface area contributed by atoms with Crippen molar-refractivity contribution in [3.8, 4) is 0 Å². The van der Waals surface area contributed by atoms with Crippen molar-refractivity contribution < 1.29 is 33.2 Å². The molecule has 2 aliphatic heterocycles. The Labute approximate surface area is 374 Å². The van der Waals surface area contributed by atoms with Crippen molar-refractivity contribution in [2.24, 2.45) is 5.92 Å². The Morgan fingerprint density at radius 2 is 1.66 bits per heavy atom. The second-order valence-corrected chi connectivity index (χ2v) is 16.1. The van der Waals surface area contributed by atoms with Crippen molar-refractivity contribution in [1.82, 2.24) is 25.1 Å². The van der Waals surface area contributed by atoms with E-state index in [-0.39, 0.29) is 59.9 Å². The zero-order chi connectivity index (χ0) is 45.2. The smallest absolute Gasteiger partial charge is 0.257 e. The number of aromatic nitrogens is 2. The summed E-state index contributed by atoms with van der Waals surface area (Å²) in [6.45, 7) is 1.92. The number of aldehydes is 1. The van der Waals surface area contributed by atoms with Gasteiger partial charge in [-0.1, -0.05) is 54.4 Å². The fraction of sp³-hybridized carbons (Fsp3) is 0.277. The molecule has 4 aromatic carbocycles. The van der Waals surface area contributed by atoms with Crippen LogP contribution in [0.4, 0.5) is 38.9 Å². The van der Waals surface area contributed by atoms with E-state index in [1.807, 2.05) is 17.0 Å². The number of benzene rings is 4. The second kappa shape index (κ2) is 20.8. The minimum absolute atomic E-state index is 0.0474. The fourth-order valence-electron chi connectivity index (χ4n) is 7.73. The lowest BCUT2D eigenvalue weighted by Gasteiger charge is -2.30. The van der Waals surface area contributed by atoms with Crippen LogP contribution in [0, 0.1) is 11.7 Å². The first-order valence-electron chi connectivity index (χ1n) is 21.0. The standard InChI is InChI=1S/C47H47ClFN9O6/c1-57(39-20-21-40(60)55-45(39)63)46(64)42-32(28-59)8-6-11-38(42)50-23-5-4-7-30-22-24-58(27-30)41(61)25-29-12-16-34(17-13-29)53-47-51-26-36(49)43(56-47)52-33-18-14-31(15-19-33)44(62)54-37-10-3-2-9-35(37)48/h2-3,6,8-19,26,28,30,39,50H,4-5,7,20-25,27H2,1H3,(H,54,62)(H,55,60,63)(H2,51,52,53,56). The van der Waals surface area contributed by atoms with Crippen LogP contribution in [-0.2, 0) is 20.8 Å². The molecule has 0 saturated carbocycles. The molecule has 2 atom stereocenters. The average molecular weight is 888 g/mol. The number of halogens is 2. The molecule has 1 aromatic heterocycles. The Balaban J connectivity index is 0.839. The van der Waals surface area contributed by atoms with Gasteiger partial charge in [0.15, 0.2) is 17.9 Å². The molecule has 0 radical (unpaired) electrons. The van der Waals surface area contributed by atoms with E-state index in [1.54, 1.807) is 78.9 Å². The largest absolute Gasteiger partial charge is 0.384 e. The molecule has 15 nitrogen and oxygen atoms in total. The number of hydrogen-bond donors (Lipinski definition) is 5. The third-order valence-corrected chi connectivity index (χ3v) is 11.6. The molecule has 5 amide bonds. The number of hydrogen-bond acceptors (Lipinski definition) is 11. The summed E-state index contributed by atoms with van der Waals surface area (Å²) in [5, 5.41) is 14.8. The number of carbonyl (C=O) groups is 6. The van der Waals surface area contributed by atoms with Gasteiger partial charge in [0.2, 0.25) is 23.7 Å². The van der Waals surface area contributed by atoms with Crippen LogP contribution in [0.3, 0.4) is 0 Å². The molecule has 3 heterocycles. The number of nitrogens with one attached hydrogen (secondary N) is 5. The SMILES string of the molecule is CN(C(=O)c1c(C=O)cccc1NCCCCC1CCN(C(=O)Cc2ccc(Nc3ncc(F)c(Nc4ccc(C(=O)Nc5ccccc5Cl)cc4)n3)cc2)C1)C1CCC(=O)NC1=O. The summed E-state index contributed by atoms with van der Waals surface area (Å²) in [7, 11) is 1.50. The molecular weight excluding hydrogens is 841 g/mol. The number of rotatable bonds is 17. The number of likely N-dealkylation sites (tertiary alicyclic amines) is 1. The van der Waals surface area contributed by atoms with E-state index in [4.69, 9.17) is 11.6 Å². The topological polar surface area (TPSA) is 195 Å². The Morgan fingerprint density at radius 1 is 0.922 bits per heavy atom. The lowest BCUT2D eigenvalue weighted by Crippen LogP contribution is -2.53. The molecule has 7 rings (SSSR count). The van der Waals surface area contributed by atoms with Crippen molar-refractivity contribution >= 4 is 81.9 Å². The third kappa shape index (κ3) is 11.2. The Hall–Kier alpha value is -7.20. The monoisotopic (exact) mass is 887 g/mol. The van der Waals surface area contributed by atoms with Crippen LogP contribution in [0.2, 0.25) is 5.02 Å². The van der Waals surface area contributed by atoms with Crippen LogP contribution in [0.5, 0.6) is 0 Å². The highest BCUT2D eigenvalue weighted by molar-refractivity contribution is 6.33.